The van der Waals surface area contributed by atoms with Gasteiger partial charge in [-0.15, -0.1) is 0 Å². The maximum atomic E-state index is 13.5. The first-order valence-electron chi connectivity index (χ1n) is 11.0. The SMILES string of the molecule is CCOc1ccc(S(=O)(=O)N(CC(=O)NCc2ccc(OC)cc2)Cc2ccccc2)cc1C. The molecule has 8 heteroatoms. The van der Waals surface area contributed by atoms with E-state index < -0.39 is 15.9 Å². The van der Waals surface area contributed by atoms with Crippen molar-refractivity contribution < 1.29 is 22.7 Å². The number of hydrogen-bond donors (Lipinski definition) is 1. The van der Waals surface area contributed by atoms with Crippen LogP contribution in [0.15, 0.2) is 77.7 Å². The minimum atomic E-state index is -3.94. The van der Waals surface area contributed by atoms with Crippen LogP contribution in [-0.2, 0) is 27.9 Å². The zero-order valence-corrected chi connectivity index (χ0v) is 20.5. The summed E-state index contributed by atoms with van der Waals surface area (Å²) in [6, 6.07) is 21.3. The minimum absolute atomic E-state index is 0.0748. The molecule has 1 amide bonds. The van der Waals surface area contributed by atoms with Crippen molar-refractivity contribution in [3.05, 3.63) is 89.5 Å². The third-order valence-corrected chi connectivity index (χ3v) is 7.04. The van der Waals surface area contributed by atoms with E-state index in [0.717, 1.165) is 16.9 Å². The maximum absolute atomic E-state index is 13.5. The zero-order valence-electron chi connectivity index (χ0n) is 19.7. The highest BCUT2D eigenvalue weighted by molar-refractivity contribution is 7.89. The lowest BCUT2D eigenvalue weighted by Crippen LogP contribution is -2.40. The molecule has 0 saturated heterocycles. The van der Waals surface area contributed by atoms with Crippen molar-refractivity contribution in [1.29, 1.82) is 0 Å². The number of sulfonamides is 1. The summed E-state index contributed by atoms with van der Waals surface area (Å²) in [6.07, 6.45) is 0. The van der Waals surface area contributed by atoms with Crippen LogP contribution in [-0.4, -0.2) is 38.9 Å². The Morgan fingerprint density at radius 3 is 2.29 bits per heavy atom. The van der Waals surface area contributed by atoms with Gasteiger partial charge in [-0.1, -0.05) is 42.5 Å². The Kier molecular flexibility index (Phi) is 8.67. The van der Waals surface area contributed by atoms with E-state index in [1.54, 1.807) is 26.2 Å². The first-order valence-corrected chi connectivity index (χ1v) is 12.4. The van der Waals surface area contributed by atoms with Crippen molar-refractivity contribution in [3.8, 4) is 11.5 Å². The van der Waals surface area contributed by atoms with Gasteiger partial charge in [-0.05, 0) is 60.9 Å². The van der Waals surface area contributed by atoms with Gasteiger partial charge >= 0.3 is 0 Å². The summed E-state index contributed by atoms with van der Waals surface area (Å²) in [5, 5.41) is 2.81. The fourth-order valence-electron chi connectivity index (χ4n) is 3.42. The lowest BCUT2D eigenvalue weighted by Gasteiger charge is -2.22. The maximum Gasteiger partial charge on any atom is 0.243 e. The molecule has 180 valence electrons. The number of aryl methyl sites for hydroxylation is 1. The van der Waals surface area contributed by atoms with Gasteiger partial charge in [-0.25, -0.2) is 8.42 Å². The molecule has 3 aromatic carbocycles. The van der Waals surface area contributed by atoms with Crippen LogP contribution in [0.25, 0.3) is 0 Å². The Hall–Kier alpha value is -3.36. The Balaban J connectivity index is 1.79. The molecule has 0 aromatic heterocycles. The quantitative estimate of drug-likeness (QED) is 0.448. The van der Waals surface area contributed by atoms with Crippen molar-refractivity contribution in [2.75, 3.05) is 20.3 Å². The van der Waals surface area contributed by atoms with Gasteiger partial charge in [0.15, 0.2) is 0 Å². The van der Waals surface area contributed by atoms with Crippen LogP contribution in [0.4, 0.5) is 0 Å². The fourth-order valence-corrected chi connectivity index (χ4v) is 4.89. The van der Waals surface area contributed by atoms with Crippen LogP contribution in [0.5, 0.6) is 11.5 Å². The van der Waals surface area contributed by atoms with Gasteiger partial charge in [0.1, 0.15) is 11.5 Å². The number of nitrogens with one attached hydrogen (secondary N) is 1. The van der Waals surface area contributed by atoms with Crippen molar-refractivity contribution >= 4 is 15.9 Å². The lowest BCUT2D eigenvalue weighted by atomic mass is 10.2. The summed E-state index contributed by atoms with van der Waals surface area (Å²) in [5.41, 5.74) is 2.39. The van der Waals surface area contributed by atoms with Gasteiger partial charge in [-0.3, -0.25) is 4.79 Å². The molecule has 0 saturated carbocycles. The third-order valence-electron chi connectivity index (χ3n) is 5.25. The predicted octanol–water partition coefficient (Wildman–Crippen LogP) is 3.91. The molecule has 0 aliphatic rings. The second-order valence-electron chi connectivity index (χ2n) is 7.74. The number of benzene rings is 3. The molecule has 0 fully saturated rings. The summed E-state index contributed by atoms with van der Waals surface area (Å²) >= 11 is 0. The zero-order chi connectivity index (χ0) is 24.6. The number of ether oxygens (including phenoxy) is 2. The number of carbonyl (C=O) groups excluding carboxylic acids is 1. The minimum Gasteiger partial charge on any atom is -0.497 e. The lowest BCUT2D eigenvalue weighted by molar-refractivity contribution is -0.121. The summed E-state index contributed by atoms with van der Waals surface area (Å²) in [5.74, 6) is 0.965. The van der Waals surface area contributed by atoms with E-state index in [1.165, 1.54) is 10.4 Å². The molecule has 0 heterocycles. The van der Waals surface area contributed by atoms with Gasteiger partial charge in [-0.2, -0.15) is 4.31 Å². The number of methoxy groups -OCH3 is 1. The van der Waals surface area contributed by atoms with Crippen LogP contribution >= 0.6 is 0 Å². The van der Waals surface area contributed by atoms with E-state index in [2.05, 4.69) is 5.32 Å². The van der Waals surface area contributed by atoms with Gasteiger partial charge in [0.25, 0.3) is 0 Å². The van der Waals surface area contributed by atoms with Gasteiger partial charge < -0.3 is 14.8 Å². The number of nitrogens with zero attached hydrogens (tertiary/aromatic N) is 1. The van der Waals surface area contributed by atoms with E-state index in [9.17, 15) is 13.2 Å². The molecule has 0 unspecified atom stereocenters. The topological polar surface area (TPSA) is 84.9 Å². The molecule has 0 spiro atoms. The Labute approximate surface area is 201 Å². The molecule has 0 bridgehead atoms. The molecule has 1 N–H and O–H groups in total. The molecule has 0 aliphatic heterocycles. The van der Waals surface area contributed by atoms with Crippen LogP contribution in [0.3, 0.4) is 0 Å². The highest BCUT2D eigenvalue weighted by Crippen LogP contribution is 2.25. The molecule has 34 heavy (non-hydrogen) atoms. The standard InChI is InChI=1S/C26H30N2O5S/c1-4-33-25-15-14-24(16-20(25)2)34(30,31)28(18-22-8-6-5-7-9-22)19-26(29)27-17-21-10-12-23(32-3)13-11-21/h5-16H,4,17-19H2,1-3H3,(H,27,29). The average molecular weight is 483 g/mol. The van der Waals surface area contributed by atoms with E-state index >= 15 is 0 Å². The number of rotatable bonds is 11. The molecular formula is C26H30N2O5S. The first-order chi connectivity index (χ1) is 16.3. The molecule has 3 aromatic rings. The van der Waals surface area contributed by atoms with Crippen molar-refractivity contribution in [2.24, 2.45) is 0 Å². The van der Waals surface area contributed by atoms with Gasteiger partial charge in [0, 0.05) is 13.1 Å². The number of hydrogen-bond acceptors (Lipinski definition) is 5. The highest BCUT2D eigenvalue weighted by atomic mass is 32.2. The summed E-state index contributed by atoms with van der Waals surface area (Å²) in [6.45, 7) is 4.21. The fraction of sp³-hybridized carbons (Fsp3) is 0.269. The number of amides is 1. The molecule has 0 aliphatic carbocycles. The van der Waals surface area contributed by atoms with Gasteiger partial charge in [0.2, 0.25) is 15.9 Å². The smallest absolute Gasteiger partial charge is 0.243 e. The van der Waals surface area contributed by atoms with Crippen molar-refractivity contribution in [3.63, 3.8) is 0 Å². The molecule has 0 radical (unpaired) electrons. The third kappa shape index (κ3) is 6.59. The molecule has 0 atom stereocenters. The predicted molar refractivity (Wildman–Crippen MR) is 131 cm³/mol. The normalized spacial score (nSPS) is 11.3. The second-order valence-corrected chi connectivity index (χ2v) is 9.68. The molecule has 3 rings (SSSR count). The highest BCUT2D eigenvalue weighted by Gasteiger charge is 2.27. The number of carbonyl (C=O) groups is 1. The van der Waals surface area contributed by atoms with Gasteiger partial charge in [0.05, 0.1) is 25.2 Å². The van der Waals surface area contributed by atoms with E-state index in [0.29, 0.717) is 17.9 Å². The monoisotopic (exact) mass is 482 g/mol. The Morgan fingerprint density at radius 2 is 1.68 bits per heavy atom. The van der Waals surface area contributed by atoms with Crippen LogP contribution in [0, 0.1) is 6.92 Å². The molecule has 7 nitrogen and oxygen atoms in total. The van der Waals surface area contributed by atoms with Crippen LogP contribution in [0.2, 0.25) is 0 Å². The van der Waals surface area contributed by atoms with E-state index in [1.807, 2.05) is 61.5 Å². The van der Waals surface area contributed by atoms with Crippen molar-refractivity contribution in [1.82, 2.24) is 9.62 Å². The first kappa shape index (κ1) is 25.3. The summed E-state index contributed by atoms with van der Waals surface area (Å²) in [7, 11) is -2.35. The Bertz CT molecular complexity index is 1200. The van der Waals surface area contributed by atoms with Crippen molar-refractivity contribution in [2.45, 2.75) is 31.8 Å². The molecular weight excluding hydrogens is 452 g/mol. The van der Waals surface area contributed by atoms with E-state index in [-0.39, 0.29) is 24.5 Å². The summed E-state index contributed by atoms with van der Waals surface area (Å²) < 4.78 is 38.9. The summed E-state index contributed by atoms with van der Waals surface area (Å²) in [4.78, 5) is 12.9. The van der Waals surface area contributed by atoms with E-state index in [4.69, 9.17) is 9.47 Å². The van der Waals surface area contributed by atoms with Crippen LogP contribution < -0.4 is 14.8 Å². The van der Waals surface area contributed by atoms with Crippen LogP contribution in [0.1, 0.15) is 23.6 Å². The Morgan fingerprint density at radius 1 is 0.971 bits per heavy atom. The second kappa shape index (κ2) is 11.7. The average Bonchev–Trinajstić information content (AvgIpc) is 2.84. The largest absolute Gasteiger partial charge is 0.497 e.